The summed E-state index contributed by atoms with van der Waals surface area (Å²) in [7, 11) is 0. The minimum atomic E-state index is 1.28. The minimum absolute atomic E-state index is 1.28. The van der Waals surface area contributed by atoms with Crippen molar-refractivity contribution in [3.8, 4) is 0 Å². The quantitative estimate of drug-likeness (QED) is 0.296. The molecule has 0 heterocycles. The first-order valence-corrected chi connectivity index (χ1v) is 11.9. The summed E-state index contributed by atoms with van der Waals surface area (Å²) in [5.74, 6) is 0. The fourth-order valence-electron chi connectivity index (χ4n) is 3.30. The number of benzene rings is 3. The van der Waals surface area contributed by atoms with E-state index in [4.69, 9.17) is 0 Å². The first-order chi connectivity index (χ1) is 14.9. The van der Waals surface area contributed by atoms with Crippen LogP contribution in [0.1, 0.15) is 76.3 Å². The number of unbranched alkanes of at least 4 members (excludes halogenated alkanes) is 6. The van der Waals surface area contributed by atoms with Crippen LogP contribution in [-0.2, 0) is 12.8 Å². The zero-order chi connectivity index (χ0) is 21.5. The van der Waals surface area contributed by atoms with Gasteiger partial charge in [0, 0.05) is 0 Å². The zero-order valence-corrected chi connectivity index (χ0v) is 19.3. The largest absolute Gasteiger partial charge is 0.0654 e. The average molecular weight is 403 g/mol. The normalized spacial score (nSPS) is 9.67. The van der Waals surface area contributed by atoms with Crippen LogP contribution in [0.5, 0.6) is 0 Å². The van der Waals surface area contributed by atoms with Crippen molar-refractivity contribution in [2.24, 2.45) is 0 Å². The molecule has 0 unspecified atom stereocenters. The molecule has 3 aromatic rings. The van der Waals surface area contributed by atoms with Crippen LogP contribution in [0, 0.1) is 0 Å². The van der Waals surface area contributed by atoms with Gasteiger partial charge >= 0.3 is 0 Å². The van der Waals surface area contributed by atoms with Crippen LogP contribution in [0.15, 0.2) is 97.1 Å². The Balaban J connectivity index is 0.000000300. The molecule has 0 aromatic heterocycles. The molecule has 162 valence electrons. The van der Waals surface area contributed by atoms with Gasteiger partial charge in [-0.3, -0.25) is 0 Å². The third kappa shape index (κ3) is 14.6. The van der Waals surface area contributed by atoms with E-state index in [1.807, 2.05) is 72.8 Å². The summed E-state index contributed by atoms with van der Waals surface area (Å²) < 4.78 is 0. The van der Waals surface area contributed by atoms with E-state index >= 15 is 0 Å². The van der Waals surface area contributed by atoms with Crippen molar-refractivity contribution in [1.29, 1.82) is 0 Å². The smallest absolute Gasteiger partial charge is 0.0276 e. The van der Waals surface area contributed by atoms with Crippen molar-refractivity contribution >= 4 is 0 Å². The lowest BCUT2D eigenvalue weighted by molar-refractivity contribution is 0.650. The molecule has 0 saturated heterocycles. The Kier molecular flexibility index (Phi) is 17.1. The minimum Gasteiger partial charge on any atom is -0.0654 e. The van der Waals surface area contributed by atoms with Crippen LogP contribution in [0.4, 0.5) is 0 Å². The van der Waals surface area contributed by atoms with Gasteiger partial charge in [-0.25, -0.2) is 0 Å². The number of aryl methyl sites for hydroxylation is 2. The van der Waals surface area contributed by atoms with E-state index in [2.05, 4.69) is 38.1 Å². The first kappa shape index (κ1) is 25.7. The Bertz CT molecular complexity index is 572. The van der Waals surface area contributed by atoms with Crippen LogP contribution < -0.4 is 0 Å². The Morgan fingerprint density at radius 1 is 0.367 bits per heavy atom. The summed E-state index contributed by atoms with van der Waals surface area (Å²) in [6, 6.07) is 33.1. The lowest BCUT2D eigenvalue weighted by Gasteiger charge is -2.09. The molecule has 3 rings (SSSR count). The average Bonchev–Trinajstić information content (AvgIpc) is 2.83. The molecule has 0 spiro atoms. The maximum absolute atomic E-state index is 2.33. The van der Waals surface area contributed by atoms with Gasteiger partial charge in [-0.1, -0.05) is 149 Å². The van der Waals surface area contributed by atoms with E-state index in [9.17, 15) is 0 Å². The van der Waals surface area contributed by atoms with Gasteiger partial charge < -0.3 is 0 Å². The van der Waals surface area contributed by atoms with Crippen LogP contribution in [0.3, 0.4) is 0 Å². The highest BCUT2D eigenvalue weighted by molar-refractivity contribution is 5.27. The molecule has 0 bridgehead atoms. The van der Waals surface area contributed by atoms with Gasteiger partial charge in [-0.05, 0) is 36.8 Å². The fourth-order valence-corrected chi connectivity index (χ4v) is 3.30. The standard InChI is InChI=1S/C18H30.2C6H6/c1-3-5-7-9-13-17-15-11-12-16-18(17)14-10-8-6-4-2;2*1-2-4-6-5-3-1/h11-12,15-16H,3-10,13-14H2,1-2H3;2*1-6H. The molecule has 3 aromatic carbocycles. The second kappa shape index (κ2) is 20.0. The molecule has 0 radical (unpaired) electrons. The van der Waals surface area contributed by atoms with E-state index < -0.39 is 0 Å². The predicted molar refractivity (Wildman–Crippen MR) is 135 cm³/mol. The summed E-state index contributed by atoms with van der Waals surface area (Å²) in [4.78, 5) is 0. The van der Waals surface area contributed by atoms with Crippen LogP contribution >= 0.6 is 0 Å². The van der Waals surface area contributed by atoms with Gasteiger partial charge in [0.15, 0.2) is 0 Å². The Morgan fingerprint density at radius 3 is 0.933 bits per heavy atom. The summed E-state index contributed by atoms with van der Waals surface area (Å²) in [6.07, 6.45) is 13.5. The molecule has 0 aliphatic carbocycles. The third-order valence-electron chi connectivity index (χ3n) is 5.05. The molecule has 0 atom stereocenters. The number of rotatable bonds is 10. The van der Waals surface area contributed by atoms with Crippen molar-refractivity contribution < 1.29 is 0 Å². The second-order valence-electron chi connectivity index (χ2n) is 7.70. The highest BCUT2D eigenvalue weighted by Crippen LogP contribution is 2.16. The van der Waals surface area contributed by atoms with Crippen LogP contribution in [0.25, 0.3) is 0 Å². The molecule has 0 fully saturated rings. The van der Waals surface area contributed by atoms with E-state index in [1.54, 1.807) is 11.1 Å². The maximum Gasteiger partial charge on any atom is -0.0276 e. The van der Waals surface area contributed by atoms with Crippen molar-refractivity contribution in [2.45, 2.75) is 78.1 Å². The van der Waals surface area contributed by atoms with Gasteiger partial charge in [0.2, 0.25) is 0 Å². The SMILES string of the molecule is CCCCCCc1ccccc1CCCCCC.c1ccccc1.c1ccccc1. The van der Waals surface area contributed by atoms with Crippen molar-refractivity contribution in [1.82, 2.24) is 0 Å². The van der Waals surface area contributed by atoms with Crippen LogP contribution in [-0.4, -0.2) is 0 Å². The summed E-state index contributed by atoms with van der Waals surface area (Å²) in [5, 5.41) is 0. The third-order valence-corrected chi connectivity index (χ3v) is 5.05. The highest BCUT2D eigenvalue weighted by atomic mass is 14.1. The predicted octanol–water partition coefficient (Wildman–Crippen LogP) is 9.31. The first-order valence-electron chi connectivity index (χ1n) is 11.9. The number of hydrogen-bond donors (Lipinski definition) is 0. The lowest BCUT2D eigenvalue weighted by atomic mass is 9.97. The summed E-state index contributed by atoms with van der Waals surface area (Å²) in [6.45, 7) is 4.56. The van der Waals surface area contributed by atoms with Gasteiger partial charge in [-0.15, -0.1) is 0 Å². The molecule has 0 aliphatic heterocycles. The van der Waals surface area contributed by atoms with Gasteiger partial charge in [-0.2, -0.15) is 0 Å². The Morgan fingerprint density at radius 2 is 0.667 bits per heavy atom. The molecule has 0 amide bonds. The molecule has 30 heavy (non-hydrogen) atoms. The van der Waals surface area contributed by atoms with Crippen molar-refractivity contribution in [3.63, 3.8) is 0 Å². The monoisotopic (exact) mass is 402 g/mol. The van der Waals surface area contributed by atoms with E-state index in [-0.39, 0.29) is 0 Å². The molecule has 0 saturated carbocycles. The molecular formula is C30H42. The second-order valence-corrected chi connectivity index (χ2v) is 7.70. The Hall–Kier alpha value is -2.34. The zero-order valence-electron chi connectivity index (χ0n) is 19.3. The van der Waals surface area contributed by atoms with Gasteiger partial charge in [0.1, 0.15) is 0 Å². The Labute approximate surface area is 186 Å². The molecule has 0 heteroatoms. The van der Waals surface area contributed by atoms with Crippen molar-refractivity contribution in [3.05, 3.63) is 108 Å². The summed E-state index contributed by atoms with van der Waals surface area (Å²) in [5.41, 5.74) is 3.20. The van der Waals surface area contributed by atoms with E-state index in [1.165, 1.54) is 64.2 Å². The van der Waals surface area contributed by atoms with E-state index in [0.717, 1.165) is 0 Å². The fraction of sp³-hybridized carbons (Fsp3) is 0.400. The van der Waals surface area contributed by atoms with Crippen LogP contribution in [0.2, 0.25) is 0 Å². The van der Waals surface area contributed by atoms with Gasteiger partial charge in [0.05, 0.1) is 0 Å². The molecular weight excluding hydrogens is 360 g/mol. The molecule has 0 N–H and O–H groups in total. The summed E-state index contributed by atoms with van der Waals surface area (Å²) >= 11 is 0. The maximum atomic E-state index is 2.33. The highest BCUT2D eigenvalue weighted by Gasteiger charge is 2.01. The molecule has 0 nitrogen and oxygen atoms in total. The number of hydrogen-bond acceptors (Lipinski definition) is 0. The molecule has 0 aliphatic rings. The van der Waals surface area contributed by atoms with Gasteiger partial charge in [0.25, 0.3) is 0 Å². The van der Waals surface area contributed by atoms with E-state index in [0.29, 0.717) is 0 Å². The van der Waals surface area contributed by atoms with Crippen molar-refractivity contribution in [2.75, 3.05) is 0 Å². The lowest BCUT2D eigenvalue weighted by Crippen LogP contribution is -1.95. The topological polar surface area (TPSA) is 0 Å².